The maximum Gasteiger partial charge on any atom is 0.191 e. The summed E-state index contributed by atoms with van der Waals surface area (Å²) in [5.74, 6) is 1.64. The summed E-state index contributed by atoms with van der Waals surface area (Å²) in [5, 5.41) is 6.85. The van der Waals surface area contributed by atoms with Crippen LogP contribution in [0.1, 0.15) is 36.1 Å². The van der Waals surface area contributed by atoms with Gasteiger partial charge in [0.2, 0.25) is 0 Å². The topological polar surface area (TPSA) is 58.1 Å². The van der Waals surface area contributed by atoms with Gasteiger partial charge in [-0.3, -0.25) is 9.89 Å². The van der Waals surface area contributed by atoms with E-state index in [9.17, 15) is 0 Å². The highest BCUT2D eigenvalue weighted by Gasteiger charge is 2.09. The van der Waals surface area contributed by atoms with Gasteiger partial charge in [0.05, 0.1) is 6.61 Å². The molecule has 2 aromatic rings. The number of halogens is 1. The van der Waals surface area contributed by atoms with Crippen LogP contribution in [0.2, 0.25) is 0 Å². The summed E-state index contributed by atoms with van der Waals surface area (Å²) < 4.78 is 11.0. The SMILES string of the molecule is CCN(CC)Cc1ccccc1CNC(=NC)NCc1ccc(C)cc1OCCOC.I. The number of nitrogens with zero attached hydrogens (tertiary/aromatic N) is 2. The highest BCUT2D eigenvalue weighted by Crippen LogP contribution is 2.20. The number of methoxy groups -OCH3 is 1. The Hall–Kier alpha value is -1.84. The predicted molar refractivity (Wildman–Crippen MR) is 144 cm³/mol. The molecule has 0 aromatic heterocycles. The molecule has 0 aliphatic heterocycles. The Kier molecular flexibility index (Phi) is 14.0. The summed E-state index contributed by atoms with van der Waals surface area (Å²) in [6.45, 7) is 12.0. The fourth-order valence-corrected chi connectivity index (χ4v) is 3.33. The van der Waals surface area contributed by atoms with Crippen molar-refractivity contribution in [2.75, 3.05) is 40.5 Å². The third-order valence-electron chi connectivity index (χ3n) is 5.29. The molecule has 0 saturated heterocycles. The Labute approximate surface area is 210 Å². The van der Waals surface area contributed by atoms with E-state index in [1.54, 1.807) is 14.2 Å². The number of ether oxygens (including phenoxy) is 2. The molecule has 0 radical (unpaired) electrons. The third-order valence-corrected chi connectivity index (χ3v) is 5.29. The van der Waals surface area contributed by atoms with E-state index in [-0.39, 0.29) is 24.0 Å². The van der Waals surface area contributed by atoms with Crippen LogP contribution in [0.4, 0.5) is 0 Å². The van der Waals surface area contributed by atoms with Crippen LogP contribution in [0, 0.1) is 6.92 Å². The molecule has 32 heavy (non-hydrogen) atoms. The molecule has 0 atom stereocenters. The van der Waals surface area contributed by atoms with E-state index in [0.29, 0.717) is 19.8 Å². The van der Waals surface area contributed by atoms with Gasteiger partial charge in [0.15, 0.2) is 5.96 Å². The van der Waals surface area contributed by atoms with E-state index >= 15 is 0 Å². The normalized spacial score (nSPS) is 11.2. The zero-order chi connectivity index (χ0) is 22.5. The second-order valence-electron chi connectivity index (χ2n) is 7.46. The molecule has 0 aliphatic rings. The summed E-state index contributed by atoms with van der Waals surface area (Å²) in [7, 11) is 3.47. The first-order valence-electron chi connectivity index (χ1n) is 11.1. The van der Waals surface area contributed by atoms with Gasteiger partial charge in [0, 0.05) is 39.4 Å². The van der Waals surface area contributed by atoms with Gasteiger partial charge >= 0.3 is 0 Å². The molecular weight excluding hydrogens is 515 g/mol. The van der Waals surface area contributed by atoms with Crippen LogP contribution in [0.15, 0.2) is 47.5 Å². The Morgan fingerprint density at radius 3 is 2.22 bits per heavy atom. The van der Waals surface area contributed by atoms with Crippen LogP contribution >= 0.6 is 24.0 Å². The second kappa shape index (κ2) is 15.9. The Morgan fingerprint density at radius 1 is 0.938 bits per heavy atom. The Balaban J connectivity index is 0.00000512. The van der Waals surface area contributed by atoms with Crippen molar-refractivity contribution in [3.8, 4) is 5.75 Å². The van der Waals surface area contributed by atoms with Crippen molar-refractivity contribution >= 4 is 29.9 Å². The Bertz CT molecular complexity index is 825. The monoisotopic (exact) mass is 554 g/mol. The van der Waals surface area contributed by atoms with Crippen molar-refractivity contribution < 1.29 is 9.47 Å². The molecule has 0 unspecified atom stereocenters. The lowest BCUT2D eigenvalue weighted by Crippen LogP contribution is -2.36. The molecule has 0 bridgehead atoms. The minimum Gasteiger partial charge on any atom is -0.491 e. The van der Waals surface area contributed by atoms with Gasteiger partial charge in [0.1, 0.15) is 12.4 Å². The molecule has 2 aromatic carbocycles. The molecule has 0 heterocycles. The minimum atomic E-state index is 0. The number of nitrogens with one attached hydrogen (secondary N) is 2. The van der Waals surface area contributed by atoms with Gasteiger partial charge in [-0.2, -0.15) is 0 Å². The maximum atomic E-state index is 5.90. The van der Waals surface area contributed by atoms with Crippen LogP contribution in [0.25, 0.3) is 0 Å². The van der Waals surface area contributed by atoms with Gasteiger partial charge in [-0.25, -0.2) is 0 Å². The molecule has 0 aliphatic carbocycles. The lowest BCUT2D eigenvalue weighted by atomic mass is 10.1. The fraction of sp³-hybridized carbons (Fsp3) is 0.480. The van der Waals surface area contributed by atoms with E-state index in [1.165, 1.54) is 16.7 Å². The molecule has 2 N–H and O–H groups in total. The average Bonchev–Trinajstić information content (AvgIpc) is 2.79. The smallest absolute Gasteiger partial charge is 0.191 e. The van der Waals surface area contributed by atoms with Gasteiger partial charge in [-0.05, 0) is 42.8 Å². The number of aryl methyl sites for hydroxylation is 1. The van der Waals surface area contributed by atoms with Gasteiger partial charge in [-0.1, -0.05) is 50.2 Å². The zero-order valence-electron chi connectivity index (χ0n) is 20.1. The molecule has 2 rings (SSSR count). The summed E-state index contributed by atoms with van der Waals surface area (Å²) in [6.07, 6.45) is 0. The summed E-state index contributed by atoms with van der Waals surface area (Å²) >= 11 is 0. The third kappa shape index (κ3) is 9.34. The molecule has 0 saturated carbocycles. The molecule has 0 amide bonds. The molecular formula is C25H39IN4O2. The number of benzene rings is 2. The second-order valence-corrected chi connectivity index (χ2v) is 7.46. The van der Waals surface area contributed by atoms with Crippen LogP contribution in [0.5, 0.6) is 5.75 Å². The van der Waals surface area contributed by atoms with Gasteiger partial charge < -0.3 is 20.1 Å². The minimum absolute atomic E-state index is 0. The van der Waals surface area contributed by atoms with Crippen molar-refractivity contribution in [2.24, 2.45) is 4.99 Å². The van der Waals surface area contributed by atoms with Gasteiger partial charge in [-0.15, -0.1) is 24.0 Å². The first kappa shape index (κ1) is 28.2. The van der Waals surface area contributed by atoms with Crippen molar-refractivity contribution in [1.29, 1.82) is 0 Å². The Morgan fingerprint density at radius 2 is 1.59 bits per heavy atom. The quantitative estimate of drug-likeness (QED) is 0.177. The lowest BCUT2D eigenvalue weighted by molar-refractivity contribution is 0.145. The van der Waals surface area contributed by atoms with Crippen molar-refractivity contribution in [3.05, 3.63) is 64.7 Å². The summed E-state index contributed by atoms with van der Waals surface area (Å²) in [4.78, 5) is 6.81. The van der Waals surface area contributed by atoms with Crippen LogP contribution in [-0.4, -0.2) is 51.3 Å². The van der Waals surface area contributed by atoms with Crippen molar-refractivity contribution in [1.82, 2.24) is 15.5 Å². The lowest BCUT2D eigenvalue weighted by Gasteiger charge is -2.21. The molecule has 0 fully saturated rings. The van der Waals surface area contributed by atoms with E-state index in [2.05, 4.69) is 83.8 Å². The standard InChI is InChI=1S/C25H38N4O2.HI/c1-6-29(7-2)19-23-11-9-8-10-21(23)17-27-25(26-4)28-18-22-13-12-20(3)16-24(22)31-15-14-30-5;/h8-13,16H,6-7,14-15,17-19H2,1-5H3,(H2,26,27,28);1H. The number of hydrogen-bond donors (Lipinski definition) is 2. The van der Waals surface area contributed by atoms with Crippen LogP contribution in [0.3, 0.4) is 0 Å². The number of guanidine groups is 1. The first-order valence-corrected chi connectivity index (χ1v) is 11.1. The molecule has 7 heteroatoms. The average molecular weight is 555 g/mol. The highest BCUT2D eigenvalue weighted by molar-refractivity contribution is 14.0. The molecule has 0 spiro atoms. The first-order chi connectivity index (χ1) is 15.1. The van der Waals surface area contributed by atoms with Crippen molar-refractivity contribution in [3.63, 3.8) is 0 Å². The van der Waals surface area contributed by atoms with E-state index in [4.69, 9.17) is 9.47 Å². The maximum absolute atomic E-state index is 5.90. The summed E-state index contributed by atoms with van der Waals surface area (Å²) in [6, 6.07) is 14.8. The fourth-order valence-electron chi connectivity index (χ4n) is 3.33. The van der Waals surface area contributed by atoms with Crippen molar-refractivity contribution in [2.45, 2.75) is 40.4 Å². The van der Waals surface area contributed by atoms with Crippen LogP contribution in [-0.2, 0) is 24.4 Å². The summed E-state index contributed by atoms with van der Waals surface area (Å²) in [5.41, 5.74) is 4.90. The number of aliphatic imine (C=N–C) groups is 1. The number of rotatable bonds is 12. The molecule has 6 nitrogen and oxygen atoms in total. The van der Waals surface area contributed by atoms with Crippen LogP contribution < -0.4 is 15.4 Å². The molecule has 178 valence electrons. The largest absolute Gasteiger partial charge is 0.491 e. The zero-order valence-corrected chi connectivity index (χ0v) is 22.4. The van der Waals surface area contributed by atoms with E-state index in [1.807, 2.05) is 0 Å². The van der Waals surface area contributed by atoms with E-state index in [0.717, 1.165) is 43.5 Å². The highest BCUT2D eigenvalue weighted by atomic mass is 127. The number of hydrogen-bond acceptors (Lipinski definition) is 4. The van der Waals surface area contributed by atoms with E-state index < -0.39 is 0 Å². The predicted octanol–water partition coefficient (Wildman–Crippen LogP) is 4.35. The van der Waals surface area contributed by atoms with Gasteiger partial charge in [0.25, 0.3) is 0 Å².